The molecule has 0 spiro atoms. The van der Waals surface area contributed by atoms with Gasteiger partial charge in [-0.05, 0) is 19.3 Å². The first-order valence-electron chi connectivity index (χ1n) is 6.08. The predicted molar refractivity (Wildman–Crippen MR) is 63.6 cm³/mol. The number of likely N-dealkylation sites (tertiary alicyclic amines) is 1. The number of aliphatic carboxylic acids is 2. The van der Waals surface area contributed by atoms with Crippen molar-refractivity contribution in [2.75, 3.05) is 13.2 Å². The summed E-state index contributed by atoms with van der Waals surface area (Å²) >= 11 is 0. The molecule has 2 amide bonds. The van der Waals surface area contributed by atoms with Crippen LogP contribution < -0.4 is 5.32 Å². The number of amides is 2. The van der Waals surface area contributed by atoms with Crippen LogP contribution in [0.2, 0.25) is 0 Å². The second-order valence-corrected chi connectivity index (χ2v) is 4.46. The summed E-state index contributed by atoms with van der Waals surface area (Å²) in [6.07, 6.45) is 1.65. The zero-order valence-corrected chi connectivity index (χ0v) is 10.4. The number of urea groups is 1. The van der Waals surface area contributed by atoms with Crippen molar-refractivity contribution >= 4 is 18.0 Å². The van der Waals surface area contributed by atoms with Gasteiger partial charge in [-0.3, -0.25) is 4.79 Å². The van der Waals surface area contributed by atoms with Crippen molar-refractivity contribution in [3.8, 4) is 0 Å². The largest absolute Gasteiger partial charge is 0.481 e. The van der Waals surface area contributed by atoms with E-state index in [1.807, 2.05) is 0 Å². The molecule has 1 rings (SSSR count). The zero-order chi connectivity index (χ0) is 14.4. The van der Waals surface area contributed by atoms with Gasteiger partial charge in [0.1, 0.15) is 6.04 Å². The van der Waals surface area contributed by atoms with Crippen molar-refractivity contribution in [3.05, 3.63) is 0 Å². The molecule has 1 fully saturated rings. The van der Waals surface area contributed by atoms with Gasteiger partial charge in [0.25, 0.3) is 0 Å². The molecule has 19 heavy (non-hydrogen) atoms. The first-order chi connectivity index (χ1) is 8.95. The molecule has 1 saturated heterocycles. The number of aliphatic hydroxyl groups excluding tert-OH is 1. The Morgan fingerprint density at radius 1 is 1.26 bits per heavy atom. The third-order valence-electron chi connectivity index (χ3n) is 3.07. The van der Waals surface area contributed by atoms with Crippen molar-refractivity contribution in [1.82, 2.24) is 10.2 Å². The summed E-state index contributed by atoms with van der Waals surface area (Å²) in [6.45, 7) is 0.237. The Labute approximate surface area is 110 Å². The number of piperidine rings is 1. The van der Waals surface area contributed by atoms with Gasteiger partial charge in [-0.1, -0.05) is 0 Å². The van der Waals surface area contributed by atoms with E-state index in [0.29, 0.717) is 13.0 Å². The van der Waals surface area contributed by atoms with Crippen molar-refractivity contribution in [1.29, 1.82) is 0 Å². The van der Waals surface area contributed by atoms with Crippen LogP contribution in [-0.4, -0.2) is 63.4 Å². The molecule has 0 aromatic carbocycles. The maximum Gasteiger partial charge on any atom is 0.326 e. The molecule has 4 N–H and O–H groups in total. The molecule has 0 aromatic rings. The van der Waals surface area contributed by atoms with E-state index in [1.165, 1.54) is 4.90 Å². The quantitative estimate of drug-likeness (QED) is 0.533. The molecule has 1 heterocycles. The summed E-state index contributed by atoms with van der Waals surface area (Å²) < 4.78 is 0. The first kappa shape index (κ1) is 15.2. The summed E-state index contributed by atoms with van der Waals surface area (Å²) in [4.78, 5) is 34.7. The van der Waals surface area contributed by atoms with Gasteiger partial charge >= 0.3 is 18.0 Å². The van der Waals surface area contributed by atoms with Gasteiger partial charge in [0, 0.05) is 6.54 Å². The maximum absolute atomic E-state index is 11.9. The van der Waals surface area contributed by atoms with Crippen LogP contribution in [-0.2, 0) is 9.59 Å². The lowest BCUT2D eigenvalue weighted by Crippen LogP contribution is -2.54. The van der Waals surface area contributed by atoms with E-state index in [1.54, 1.807) is 0 Å². The molecule has 2 atom stereocenters. The summed E-state index contributed by atoms with van der Waals surface area (Å²) in [6, 6.07) is -2.45. The molecule has 1 aliphatic heterocycles. The lowest BCUT2D eigenvalue weighted by molar-refractivity contribution is -0.145. The van der Waals surface area contributed by atoms with E-state index in [4.69, 9.17) is 15.3 Å². The van der Waals surface area contributed by atoms with Crippen molar-refractivity contribution in [2.24, 2.45) is 0 Å². The van der Waals surface area contributed by atoms with Crippen LogP contribution in [0.5, 0.6) is 0 Å². The number of nitrogens with zero attached hydrogens (tertiary/aromatic N) is 1. The van der Waals surface area contributed by atoms with Crippen LogP contribution in [0.1, 0.15) is 25.7 Å². The Morgan fingerprint density at radius 2 is 1.95 bits per heavy atom. The highest BCUT2D eigenvalue weighted by molar-refractivity contribution is 5.86. The molecule has 8 nitrogen and oxygen atoms in total. The number of carboxylic acids is 2. The fourth-order valence-electron chi connectivity index (χ4n) is 2.06. The lowest BCUT2D eigenvalue weighted by atomic mass is 10.0. The fraction of sp³-hybridized carbons (Fsp3) is 0.727. The average Bonchev–Trinajstić information content (AvgIpc) is 2.37. The number of aliphatic hydroxyl groups is 1. The minimum absolute atomic E-state index is 0.190. The number of carboxylic acid groups (broad SMARTS) is 2. The van der Waals surface area contributed by atoms with Crippen LogP contribution in [0.3, 0.4) is 0 Å². The highest BCUT2D eigenvalue weighted by Crippen LogP contribution is 2.16. The molecular weight excluding hydrogens is 256 g/mol. The summed E-state index contributed by atoms with van der Waals surface area (Å²) in [5.41, 5.74) is 0. The molecule has 0 aromatic heterocycles. The molecule has 108 valence electrons. The molecule has 0 aliphatic carbocycles. The number of nitrogens with one attached hydrogen (secondary N) is 1. The number of hydrogen-bond donors (Lipinski definition) is 4. The zero-order valence-electron chi connectivity index (χ0n) is 10.4. The lowest BCUT2D eigenvalue weighted by Gasteiger charge is -2.35. The number of hydrogen-bond acceptors (Lipinski definition) is 4. The molecule has 8 heteroatoms. The minimum Gasteiger partial charge on any atom is -0.481 e. The van der Waals surface area contributed by atoms with Gasteiger partial charge in [-0.15, -0.1) is 0 Å². The van der Waals surface area contributed by atoms with Crippen molar-refractivity contribution < 1.29 is 29.7 Å². The Balaban J connectivity index is 2.64. The van der Waals surface area contributed by atoms with Gasteiger partial charge < -0.3 is 25.5 Å². The third-order valence-corrected chi connectivity index (χ3v) is 3.07. The summed E-state index contributed by atoms with van der Waals surface area (Å²) in [5.74, 6) is -2.70. The van der Waals surface area contributed by atoms with Gasteiger partial charge in [0.2, 0.25) is 0 Å². The van der Waals surface area contributed by atoms with Gasteiger partial charge in [-0.25, -0.2) is 9.59 Å². The van der Waals surface area contributed by atoms with Crippen LogP contribution in [0, 0.1) is 0 Å². The summed E-state index contributed by atoms with van der Waals surface area (Å²) in [7, 11) is 0. The van der Waals surface area contributed by atoms with E-state index < -0.39 is 30.4 Å². The average molecular weight is 274 g/mol. The predicted octanol–water partition coefficient (Wildman–Crippen LogP) is -0.529. The molecule has 0 saturated carbocycles. The smallest absolute Gasteiger partial charge is 0.326 e. The van der Waals surface area contributed by atoms with Gasteiger partial charge in [0.05, 0.1) is 19.1 Å². The van der Waals surface area contributed by atoms with E-state index >= 15 is 0 Å². The molecule has 0 bridgehead atoms. The van der Waals surface area contributed by atoms with Crippen LogP contribution in [0.4, 0.5) is 4.79 Å². The second-order valence-electron chi connectivity index (χ2n) is 4.46. The maximum atomic E-state index is 11.9. The summed E-state index contributed by atoms with van der Waals surface area (Å²) in [5, 5.41) is 28.8. The normalized spacial score (nSPS) is 20.7. The third kappa shape index (κ3) is 4.40. The number of carbonyl (C=O) groups is 3. The fourth-order valence-corrected chi connectivity index (χ4v) is 2.06. The highest BCUT2D eigenvalue weighted by Gasteiger charge is 2.30. The van der Waals surface area contributed by atoms with E-state index in [-0.39, 0.29) is 12.6 Å². The molecule has 1 aliphatic rings. The van der Waals surface area contributed by atoms with Crippen molar-refractivity contribution in [3.63, 3.8) is 0 Å². The number of carbonyl (C=O) groups excluding carboxylic acids is 1. The Morgan fingerprint density at radius 3 is 2.47 bits per heavy atom. The monoisotopic (exact) mass is 274 g/mol. The van der Waals surface area contributed by atoms with Gasteiger partial charge in [-0.2, -0.15) is 0 Å². The van der Waals surface area contributed by atoms with Crippen LogP contribution in [0.25, 0.3) is 0 Å². The van der Waals surface area contributed by atoms with E-state index in [0.717, 1.165) is 12.8 Å². The molecule has 0 radical (unpaired) electrons. The Bertz CT molecular complexity index is 359. The standard InChI is InChI=1S/C11H18N2O6/c14-6-7-3-1-2-4-13(7)11(19)12-8(10(17)18)5-9(15)16/h7-8,14H,1-6H2,(H,12,19)(H,15,16)(H,17,18). The Hall–Kier alpha value is -1.83. The minimum atomic E-state index is -1.47. The number of rotatable bonds is 5. The SMILES string of the molecule is O=C(O)CC(NC(=O)N1CCCCC1CO)C(=O)O. The van der Waals surface area contributed by atoms with E-state index in [2.05, 4.69) is 5.32 Å². The van der Waals surface area contributed by atoms with E-state index in [9.17, 15) is 14.4 Å². The Kier molecular flexibility index (Phi) is 5.56. The van der Waals surface area contributed by atoms with Crippen LogP contribution in [0.15, 0.2) is 0 Å². The molecular formula is C11H18N2O6. The molecule has 2 unspecified atom stereocenters. The van der Waals surface area contributed by atoms with Crippen LogP contribution >= 0.6 is 0 Å². The second kappa shape index (κ2) is 6.93. The van der Waals surface area contributed by atoms with Gasteiger partial charge in [0.15, 0.2) is 0 Å². The topological polar surface area (TPSA) is 127 Å². The van der Waals surface area contributed by atoms with Crippen molar-refractivity contribution in [2.45, 2.75) is 37.8 Å². The highest BCUT2D eigenvalue weighted by atomic mass is 16.4. The first-order valence-corrected chi connectivity index (χ1v) is 6.08.